The van der Waals surface area contributed by atoms with Gasteiger partial charge >= 0.3 is 6.18 Å². The van der Waals surface area contributed by atoms with Crippen LogP contribution in [0.4, 0.5) is 13.2 Å². The molecule has 0 aliphatic carbocycles. The summed E-state index contributed by atoms with van der Waals surface area (Å²) < 4.78 is 48.8. The predicted octanol–water partition coefficient (Wildman–Crippen LogP) is 2.60. The van der Waals surface area contributed by atoms with Gasteiger partial charge in [0.2, 0.25) is 5.76 Å². The molecule has 0 saturated heterocycles. The van der Waals surface area contributed by atoms with Crippen molar-refractivity contribution in [2.45, 2.75) is 19.6 Å². The molecule has 114 valence electrons. The Hall–Kier alpha value is -2.18. The molecule has 1 N–H and O–H groups in total. The number of halogens is 3. The van der Waals surface area contributed by atoms with Gasteiger partial charge in [0, 0.05) is 6.54 Å². The Morgan fingerprint density at radius 3 is 2.57 bits per heavy atom. The fourth-order valence-electron chi connectivity index (χ4n) is 1.94. The Morgan fingerprint density at radius 2 is 1.90 bits per heavy atom. The predicted molar refractivity (Wildman–Crippen MR) is 67.9 cm³/mol. The van der Waals surface area contributed by atoms with E-state index in [1.54, 1.807) is 6.92 Å². The van der Waals surface area contributed by atoms with Gasteiger partial charge in [0.25, 0.3) is 5.91 Å². The first-order valence-corrected chi connectivity index (χ1v) is 6.29. The van der Waals surface area contributed by atoms with Crippen molar-refractivity contribution in [2.75, 3.05) is 13.2 Å². The summed E-state index contributed by atoms with van der Waals surface area (Å²) in [6.45, 7) is 1.91. The molecular weight excluding hydrogens is 287 g/mol. The summed E-state index contributed by atoms with van der Waals surface area (Å²) in [6, 6.07) is 5.09. The maximum absolute atomic E-state index is 12.8. The average Bonchev–Trinajstić information content (AvgIpc) is 2.44. The second-order valence-electron chi connectivity index (χ2n) is 4.42. The van der Waals surface area contributed by atoms with Crippen LogP contribution in [0, 0.1) is 0 Å². The third-order valence-electron chi connectivity index (χ3n) is 2.94. The first-order valence-electron chi connectivity index (χ1n) is 6.29. The highest BCUT2D eigenvalue weighted by molar-refractivity contribution is 5.91. The molecule has 21 heavy (non-hydrogen) atoms. The molecule has 0 atom stereocenters. The fourth-order valence-corrected chi connectivity index (χ4v) is 1.94. The molecule has 1 aliphatic rings. The maximum Gasteiger partial charge on any atom is 0.416 e. The van der Waals surface area contributed by atoms with Crippen molar-refractivity contribution in [3.05, 3.63) is 46.9 Å². The zero-order valence-corrected chi connectivity index (χ0v) is 11.3. The number of ether oxygens (including phenoxy) is 2. The third-order valence-corrected chi connectivity index (χ3v) is 2.94. The lowest BCUT2D eigenvalue weighted by molar-refractivity contribution is -0.138. The van der Waals surface area contributed by atoms with Crippen LogP contribution in [0.15, 0.2) is 35.8 Å². The van der Waals surface area contributed by atoms with Crippen LogP contribution in [0.1, 0.15) is 18.1 Å². The van der Waals surface area contributed by atoms with Gasteiger partial charge in [-0.3, -0.25) is 4.79 Å². The zero-order chi connectivity index (χ0) is 15.5. The number of hydrogen-bond donors (Lipinski definition) is 1. The van der Waals surface area contributed by atoms with Gasteiger partial charge in [-0.05, 0) is 18.6 Å². The molecule has 0 saturated carbocycles. The van der Waals surface area contributed by atoms with Gasteiger partial charge in [0.05, 0.1) is 5.56 Å². The van der Waals surface area contributed by atoms with Crippen LogP contribution >= 0.6 is 0 Å². The highest BCUT2D eigenvalue weighted by Gasteiger charge is 2.33. The lowest BCUT2D eigenvalue weighted by Gasteiger charge is -2.19. The van der Waals surface area contributed by atoms with Crippen LogP contribution in [0.2, 0.25) is 0 Å². The van der Waals surface area contributed by atoms with Gasteiger partial charge in [-0.1, -0.05) is 18.2 Å². The Kier molecular flexibility index (Phi) is 4.40. The minimum Gasteiger partial charge on any atom is -0.491 e. The van der Waals surface area contributed by atoms with Crippen molar-refractivity contribution < 1.29 is 27.4 Å². The topological polar surface area (TPSA) is 47.6 Å². The average molecular weight is 301 g/mol. The van der Waals surface area contributed by atoms with E-state index in [0.717, 1.165) is 6.07 Å². The molecule has 0 fully saturated rings. The molecule has 1 amide bonds. The molecule has 0 aromatic heterocycles. The van der Waals surface area contributed by atoms with Crippen LogP contribution in [0.25, 0.3) is 0 Å². The second kappa shape index (κ2) is 6.07. The third kappa shape index (κ3) is 3.68. The largest absolute Gasteiger partial charge is 0.491 e. The number of carbonyl (C=O) groups is 1. The molecule has 4 nitrogen and oxygen atoms in total. The van der Waals surface area contributed by atoms with Crippen LogP contribution in [0.3, 0.4) is 0 Å². The Balaban J connectivity index is 2.09. The van der Waals surface area contributed by atoms with Gasteiger partial charge in [-0.25, -0.2) is 0 Å². The number of amides is 1. The van der Waals surface area contributed by atoms with E-state index < -0.39 is 17.6 Å². The van der Waals surface area contributed by atoms with Crippen molar-refractivity contribution in [3.63, 3.8) is 0 Å². The van der Waals surface area contributed by atoms with Gasteiger partial charge < -0.3 is 14.8 Å². The highest BCUT2D eigenvalue weighted by atomic mass is 19.4. The van der Waals surface area contributed by atoms with Crippen LogP contribution < -0.4 is 5.32 Å². The van der Waals surface area contributed by atoms with Gasteiger partial charge in [-0.2, -0.15) is 13.2 Å². The number of rotatable bonds is 3. The Bertz CT molecular complexity index is 567. The van der Waals surface area contributed by atoms with E-state index >= 15 is 0 Å². The first-order chi connectivity index (χ1) is 9.89. The van der Waals surface area contributed by atoms with Crippen molar-refractivity contribution in [3.8, 4) is 0 Å². The quantitative estimate of drug-likeness (QED) is 0.933. The number of benzene rings is 1. The van der Waals surface area contributed by atoms with Crippen LogP contribution in [0.5, 0.6) is 0 Å². The van der Waals surface area contributed by atoms with Gasteiger partial charge in [0.1, 0.15) is 19.0 Å². The number of carbonyl (C=O) groups excluding carboxylic acids is 1. The molecular formula is C14H14F3NO3. The maximum atomic E-state index is 12.8. The van der Waals surface area contributed by atoms with Crippen molar-refractivity contribution in [2.24, 2.45) is 0 Å². The summed E-state index contributed by atoms with van der Waals surface area (Å²) in [6.07, 6.45) is -4.46. The second-order valence-corrected chi connectivity index (χ2v) is 4.42. The number of allylic oxidation sites excluding steroid dienone is 1. The van der Waals surface area contributed by atoms with Crippen molar-refractivity contribution >= 4 is 5.91 Å². The Morgan fingerprint density at radius 1 is 1.24 bits per heavy atom. The molecule has 1 aromatic carbocycles. The van der Waals surface area contributed by atoms with Crippen molar-refractivity contribution in [1.29, 1.82) is 0 Å². The summed E-state index contributed by atoms with van der Waals surface area (Å²) in [5, 5.41) is 2.41. The van der Waals surface area contributed by atoms with E-state index in [1.165, 1.54) is 18.2 Å². The molecule has 0 radical (unpaired) electrons. The number of nitrogens with one attached hydrogen (secondary N) is 1. The van der Waals surface area contributed by atoms with E-state index in [2.05, 4.69) is 5.32 Å². The van der Waals surface area contributed by atoms with E-state index in [-0.39, 0.29) is 24.5 Å². The lowest BCUT2D eigenvalue weighted by Crippen LogP contribution is -2.30. The number of hydrogen-bond acceptors (Lipinski definition) is 3. The molecule has 1 heterocycles. The fraction of sp³-hybridized carbons (Fsp3) is 0.357. The highest BCUT2D eigenvalue weighted by Crippen LogP contribution is 2.31. The van der Waals surface area contributed by atoms with E-state index in [4.69, 9.17) is 9.47 Å². The number of alkyl halides is 3. The summed E-state index contributed by atoms with van der Waals surface area (Å²) in [4.78, 5) is 11.9. The minimum atomic E-state index is -4.46. The standard InChI is InChI=1S/C14H14F3NO3/c1-9-12(21-7-6-20-9)13(19)18-8-10-4-2-3-5-11(10)14(15,16)17/h2-5H,6-8H2,1H3,(H,18,19). The molecule has 0 unspecified atom stereocenters. The molecule has 1 aromatic rings. The summed E-state index contributed by atoms with van der Waals surface area (Å²) >= 11 is 0. The first kappa shape index (κ1) is 15.2. The van der Waals surface area contributed by atoms with Gasteiger partial charge in [0.15, 0.2) is 0 Å². The van der Waals surface area contributed by atoms with E-state index in [9.17, 15) is 18.0 Å². The molecule has 0 spiro atoms. The lowest BCUT2D eigenvalue weighted by atomic mass is 10.1. The van der Waals surface area contributed by atoms with E-state index in [0.29, 0.717) is 12.4 Å². The Labute approximate surface area is 119 Å². The molecule has 0 bridgehead atoms. The molecule has 7 heteroatoms. The summed E-state index contributed by atoms with van der Waals surface area (Å²) in [5.74, 6) is -0.266. The SMILES string of the molecule is CC1=C(C(=O)NCc2ccccc2C(F)(F)F)OCCO1. The van der Waals surface area contributed by atoms with E-state index in [1.807, 2.05) is 0 Å². The van der Waals surface area contributed by atoms with Crippen molar-refractivity contribution in [1.82, 2.24) is 5.32 Å². The normalized spacial score (nSPS) is 15.2. The van der Waals surface area contributed by atoms with Crippen LogP contribution in [-0.4, -0.2) is 19.1 Å². The molecule has 1 aliphatic heterocycles. The monoisotopic (exact) mass is 301 g/mol. The zero-order valence-electron chi connectivity index (χ0n) is 11.3. The summed E-state index contributed by atoms with van der Waals surface area (Å²) in [7, 11) is 0. The van der Waals surface area contributed by atoms with Gasteiger partial charge in [-0.15, -0.1) is 0 Å². The molecule has 2 rings (SSSR count). The summed E-state index contributed by atoms with van der Waals surface area (Å²) in [5.41, 5.74) is -0.773. The smallest absolute Gasteiger partial charge is 0.416 e. The minimum absolute atomic E-state index is 0.00531. The van der Waals surface area contributed by atoms with Crippen LogP contribution in [-0.2, 0) is 27.0 Å².